The average molecular weight is 546 g/mol. The number of fused-ring (bicyclic) bond motifs is 1. The Kier molecular flexibility index (Phi) is 9.18. The second-order valence-electron chi connectivity index (χ2n) is 8.91. The Morgan fingerprint density at radius 3 is 2.64 bits per heavy atom. The van der Waals surface area contributed by atoms with Crippen LogP contribution in [0.15, 0.2) is 36.4 Å². The van der Waals surface area contributed by atoms with Crippen molar-refractivity contribution in [2.75, 3.05) is 24.5 Å². The molecule has 4 rings (SSSR count). The van der Waals surface area contributed by atoms with Crippen LogP contribution in [0.3, 0.4) is 0 Å². The fourth-order valence-electron chi connectivity index (χ4n) is 4.55. The van der Waals surface area contributed by atoms with E-state index in [4.69, 9.17) is 5.11 Å². The number of hydrogen-bond donors (Lipinski definition) is 1. The van der Waals surface area contributed by atoms with Crippen LogP contribution in [0.2, 0.25) is 0 Å². The normalized spacial score (nSPS) is 16.8. The molecule has 1 saturated heterocycles. The van der Waals surface area contributed by atoms with E-state index in [9.17, 15) is 22.4 Å². The molecule has 2 aromatic carbocycles. The summed E-state index contributed by atoms with van der Waals surface area (Å²) in [6, 6.07) is 9.43. The zero-order chi connectivity index (χ0) is 25.2. The Balaban J connectivity index is 0.00000361. The molecular weight excluding hydrogens is 518 g/mol. The van der Waals surface area contributed by atoms with Gasteiger partial charge in [-0.2, -0.15) is 13.2 Å². The first-order valence-electron chi connectivity index (χ1n) is 11.6. The Morgan fingerprint density at radius 1 is 1.19 bits per heavy atom. The number of thiazole rings is 1. The molecule has 196 valence electrons. The summed E-state index contributed by atoms with van der Waals surface area (Å²) < 4.78 is 53.8. The van der Waals surface area contributed by atoms with E-state index in [1.807, 2.05) is 18.2 Å². The van der Waals surface area contributed by atoms with Crippen molar-refractivity contribution in [1.29, 1.82) is 0 Å². The SMILES string of the molecule is CCCC[C@H]1CN(Cc2cccc(CC(=O)O)c2)CCN1c1nc2cc(F)c(C(F)(F)F)cc2s1.Cl. The van der Waals surface area contributed by atoms with Crippen molar-refractivity contribution in [3.05, 3.63) is 58.9 Å². The molecule has 1 atom stereocenters. The Bertz CT molecular complexity index is 1200. The summed E-state index contributed by atoms with van der Waals surface area (Å²) in [6.45, 7) is 4.92. The van der Waals surface area contributed by atoms with Crippen molar-refractivity contribution >= 4 is 45.1 Å². The van der Waals surface area contributed by atoms with E-state index in [1.165, 1.54) is 11.3 Å². The second-order valence-corrected chi connectivity index (χ2v) is 9.92. The van der Waals surface area contributed by atoms with Crippen LogP contribution in [-0.2, 0) is 23.9 Å². The third kappa shape index (κ3) is 6.66. The molecule has 36 heavy (non-hydrogen) atoms. The number of unbranched alkanes of at least 4 members (excludes halogenated alkanes) is 1. The summed E-state index contributed by atoms with van der Waals surface area (Å²) >= 11 is 1.17. The van der Waals surface area contributed by atoms with Crippen molar-refractivity contribution in [2.45, 2.75) is 51.4 Å². The molecule has 3 aromatic rings. The van der Waals surface area contributed by atoms with E-state index < -0.39 is 23.5 Å². The van der Waals surface area contributed by atoms with Gasteiger partial charge in [0.2, 0.25) is 0 Å². The third-order valence-electron chi connectivity index (χ3n) is 6.23. The quantitative estimate of drug-likeness (QED) is 0.333. The number of rotatable bonds is 8. The topological polar surface area (TPSA) is 56.7 Å². The van der Waals surface area contributed by atoms with Crippen LogP contribution >= 0.6 is 23.7 Å². The highest BCUT2D eigenvalue weighted by molar-refractivity contribution is 7.22. The number of aromatic nitrogens is 1. The Morgan fingerprint density at radius 2 is 1.94 bits per heavy atom. The molecule has 0 amide bonds. The first-order chi connectivity index (χ1) is 16.6. The zero-order valence-corrected chi connectivity index (χ0v) is 21.4. The molecule has 0 aliphatic carbocycles. The minimum absolute atomic E-state index is 0. The van der Waals surface area contributed by atoms with Crippen molar-refractivity contribution in [3.63, 3.8) is 0 Å². The summed E-state index contributed by atoms with van der Waals surface area (Å²) in [4.78, 5) is 20.0. The number of hydrogen-bond acceptors (Lipinski definition) is 5. The summed E-state index contributed by atoms with van der Waals surface area (Å²) in [5.41, 5.74) is 0.776. The van der Waals surface area contributed by atoms with Gasteiger partial charge in [-0.15, -0.1) is 12.4 Å². The predicted octanol–water partition coefficient (Wildman–Crippen LogP) is 6.38. The van der Waals surface area contributed by atoms with Crippen LogP contribution in [-0.4, -0.2) is 46.6 Å². The minimum Gasteiger partial charge on any atom is -0.481 e. The second kappa shape index (κ2) is 11.7. The number of piperazine rings is 1. The smallest absolute Gasteiger partial charge is 0.419 e. The van der Waals surface area contributed by atoms with Gasteiger partial charge < -0.3 is 10.0 Å². The number of benzene rings is 2. The highest BCUT2D eigenvalue weighted by Crippen LogP contribution is 2.38. The largest absolute Gasteiger partial charge is 0.481 e. The molecule has 1 aliphatic heterocycles. The summed E-state index contributed by atoms with van der Waals surface area (Å²) in [5, 5.41) is 9.67. The van der Waals surface area contributed by atoms with Crippen molar-refractivity contribution < 1.29 is 27.5 Å². The third-order valence-corrected chi connectivity index (χ3v) is 7.28. The van der Waals surface area contributed by atoms with Crippen LogP contribution in [0.25, 0.3) is 10.2 Å². The predicted molar refractivity (Wildman–Crippen MR) is 136 cm³/mol. The van der Waals surface area contributed by atoms with Gasteiger partial charge in [-0.25, -0.2) is 9.37 Å². The van der Waals surface area contributed by atoms with Crippen molar-refractivity contribution in [3.8, 4) is 0 Å². The minimum atomic E-state index is -4.75. The molecule has 0 bridgehead atoms. The molecule has 1 N–H and O–H groups in total. The summed E-state index contributed by atoms with van der Waals surface area (Å²) in [7, 11) is 0. The van der Waals surface area contributed by atoms with Gasteiger partial charge in [0.25, 0.3) is 0 Å². The monoisotopic (exact) mass is 545 g/mol. The molecule has 0 radical (unpaired) electrons. The van der Waals surface area contributed by atoms with E-state index in [2.05, 4.69) is 21.7 Å². The highest BCUT2D eigenvalue weighted by atomic mass is 35.5. The number of alkyl halides is 3. The lowest BCUT2D eigenvalue weighted by Crippen LogP contribution is -2.53. The number of nitrogens with zero attached hydrogens (tertiary/aromatic N) is 3. The first-order valence-corrected chi connectivity index (χ1v) is 12.4. The fraction of sp³-hybridized carbons (Fsp3) is 0.440. The molecule has 0 saturated carbocycles. The van der Waals surface area contributed by atoms with E-state index in [1.54, 1.807) is 6.07 Å². The lowest BCUT2D eigenvalue weighted by Gasteiger charge is -2.41. The van der Waals surface area contributed by atoms with Gasteiger partial charge in [-0.05, 0) is 23.6 Å². The molecule has 0 unspecified atom stereocenters. The molecule has 5 nitrogen and oxygen atoms in total. The van der Waals surface area contributed by atoms with Gasteiger partial charge in [0, 0.05) is 38.3 Å². The standard InChI is InChI=1S/C25H27F4N3O2S.ClH/c1-2-3-7-18-15-31(14-17-6-4-5-16(10-17)11-23(33)34)8-9-32(18)24-30-21-13-20(26)19(25(27,28)29)12-22(21)35-24;/h4-6,10,12-13,18H,2-3,7-9,11,14-15H2,1H3,(H,33,34);1H/t18-;/m0./s1. The highest BCUT2D eigenvalue weighted by Gasteiger charge is 2.35. The van der Waals surface area contributed by atoms with Gasteiger partial charge in [0.1, 0.15) is 5.82 Å². The van der Waals surface area contributed by atoms with Crippen LogP contribution in [0.4, 0.5) is 22.7 Å². The molecule has 11 heteroatoms. The maximum absolute atomic E-state index is 14.1. The van der Waals surface area contributed by atoms with Crippen LogP contribution in [0, 0.1) is 5.82 Å². The van der Waals surface area contributed by atoms with E-state index in [0.717, 1.165) is 55.6 Å². The summed E-state index contributed by atoms with van der Waals surface area (Å²) in [5.74, 6) is -2.17. The number of carbonyl (C=O) groups is 1. The molecule has 1 fully saturated rings. The number of halogens is 5. The number of carboxylic acid groups (broad SMARTS) is 1. The van der Waals surface area contributed by atoms with Gasteiger partial charge in [-0.1, -0.05) is 55.4 Å². The number of aliphatic carboxylic acids is 1. The van der Waals surface area contributed by atoms with E-state index >= 15 is 0 Å². The Hall–Kier alpha value is -2.43. The van der Waals surface area contributed by atoms with Crippen LogP contribution < -0.4 is 4.90 Å². The number of anilines is 1. The van der Waals surface area contributed by atoms with Crippen molar-refractivity contribution in [2.24, 2.45) is 0 Å². The molecule has 1 aromatic heterocycles. The molecule has 1 aliphatic rings. The lowest BCUT2D eigenvalue weighted by atomic mass is 10.0. The maximum Gasteiger partial charge on any atom is 0.419 e. The number of carboxylic acids is 1. The van der Waals surface area contributed by atoms with Crippen LogP contribution in [0.1, 0.15) is 42.9 Å². The van der Waals surface area contributed by atoms with Gasteiger partial charge in [0.15, 0.2) is 5.13 Å². The average Bonchev–Trinajstić information content (AvgIpc) is 3.19. The van der Waals surface area contributed by atoms with E-state index in [0.29, 0.717) is 22.9 Å². The van der Waals surface area contributed by atoms with Crippen molar-refractivity contribution in [1.82, 2.24) is 9.88 Å². The van der Waals surface area contributed by atoms with Gasteiger partial charge in [-0.3, -0.25) is 9.69 Å². The fourth-order valence-corrected chi connectivity index (χ4v) is 5.63. The molecule has 0 spiro atoms. The Labute approximate surface area is 217 Å². The maximum atomic E-state index is 14.1. The van der Waals surface area contributed by atoms with Gasteiger partial charge in [0.05, 0.1) is 22.2 Å². The summed E-state index contributed by atoms with van der Waals surface area (Å²) in [6.07, 6.45) is -1.85. The first kappa shape index (κ1) is 28.1. The molecular formula is C25H28ClF4N3O2S. The van der Waals surface area contributed by atoms with Crippen LogP contribution in [0.5, 0.6) is 0 Å². The lowest BCUT2D eigenvalue weighted by molar-refractivity contribution is -0.140. The molecule has 2 heterocycles. The zero-order valence-electron chi connectivity index (χ0n) is 19.7. The van der Waals surface area contributed by atoms with Gasteiger partial charge >= 0.3 is 12.1 Å². The van der Waals surface area contributed by atoms with E-state index in [-0.39, 0.29) is 30.4 Å².